The maximum absolute atomic E-state index is 12.9. The molecule has 1 aliphatic rings. The van der Waals surface area contributed by atoms with E-state index in [0.717, 1.165) is 24.5 Å². The summed E-state index contributed by atoms with van der Waals surface area (Å²) >= 11 is 0. The van der Waals surface area contributed by atoms with Crippen LogP contribution in [-0.2, 0) is 16.4 Å². The van der Waals surface area contributed by atoms with Crippen molar-refractivity contribution in [3.8, 4) is 0 Å². The van der Waals surface area contributed by atoms with Crippen LogP contribution in [-0.4, -0.2) is 12.5 Å². The molecule has 0 bridgehead atoms. The Bertz CT molecular complexity index is 770. The molecular weight excluding hydrogens is 341 g/mol. The summed E-state index contributed by atoms with van der Waals surface area (Å²) in [6.45, 7) is 0.328. The van der Waals surface area contributed by atoms with Crippen LogP contribution in [0.25, 0.3) is 0 Å². The summed E-state index contributed by atoms with van der Waals surface area (Å²) in [5, 5.41) is 2.84. The van der Waals surface area contributed by atoms with Crippen molar-refractivity contribution >= 4 is 5.91 Å². The molecule has 1 amide bonds. The molecule has 0 radical (unpaired) electrons. The lowest BCUT2D eigenvalue weighted by molar-refractivity contribution is -0.137. The third-order valence-electron chi connectivity index (χ3n) is 4.91. The van der Waals surface area contributed by atoms with Crippen molar-refractivity contribution in [2.24, 2.45) is 5.73 Å². The molecule has 1 aliphatic carbocycles. The largest absolute Gasteiger partial charge is 0.416 e. The molecule has 26 heavy (non-hydrogen) atoms. The molecule has 1 atom stereocenters. The number of nitrogens with two attached hydrogens (primary N) is 1. The van der Waals surface area contributed by atoms with E-state index in [1.165, 1.54) is 12.1 Å². The van der Waals surface area contributed by atoms with Crippen LogP contribution in [0.15, 0.2) is 54.6 Å². The minimum absolute atomic E-state index is 0.142. The van der Waals surface area contributed by atoms with E-state index in [4.69, 9.17) is 5.73 Å². The standard InChI is InChI=1S/C20H21F3N2O/c21-20(22,23)16-8-4-7-15(11-16)19(9-10-19)13-25-18(26)12-17(24)14-5-2-1-3-6-14/h1-8,11,17H,9-10,12-13,24H2,(H,25,26). The van der Waals surface area contributed by atoms with Gasteiger partial charge in [-0.2, -0.15) is 13.2 Å². The first-order valence-corrected chi connectivity index (χ1v) is 8.55. The molecule has 2 aromatic rings. The smallest absolute Gasteiger partial charge is 0.355 e. The number of halogens is 3. The van der Waals surface area contributed by atoms with Gasteiger partial charge >= 0.3 is 6.18 Å². The molecular formula is C20H21F3N2O. The second-order valence-corrected chi connectivity index (χ2v) is 6.86. The molecule has 0 aliphatic heterocycles. The second-order valence-electron chi connectivity index (χ2n) is 6.86. The monoisotopic (exact) mass is 362 g/mol. The number of carbonyl (C=O) groups is 1. The van der Waals surface area contributed by atoms with Crippen molar-refractivity contribution in [3.63, 3.8) is 0 Å². The molecule has 2 aromatic carbocycles. The van der Waals surface area contributed by atoms with Crippen LogP contribution < -0.4 is 11.1 Å². The molecule has 0 heterocycles. The van der Waals surface area contributed by atoms with Crippen LogP contribution >= 0.6 is 0 Å². The van der Waals surface area contributed by atoms with Crippen LogP contribution in [0.5, 0.6) is 0 Å². The van der Waals surface area contributed by atoms with Gasteiger partial charge in [-0.15, -0.1) is 0 Å². The van der Waals surface area contributed by atoms with Gasteiger partial charge in [0.2, 0.25) is 5.91 Å². The van der Waals surface area contributed by atoms with Gasteiger partial charge in [0.15, 0.2) is 0 Å². The summed E-state index contributed by atoms with van der Waals surface area (Å²) < 4.78 is 38.7. The third-order valence-corrected chi connectivity index (χ3v) is 4.91. The van der Waals surface area contributed by atoms with Crippen molar-refractivity contribution in [2.75, 3.05) is 6.54 Å². The first-order chi connectivity index (χ1) is 12.3. The van der Waals surface area contributed by atoms with Gasteiger partial charge < -0.3 is 11.1 Å². The zero-order valence-corrected chi connectivity index (χ0v) is 14.2. The third kappa shape index (κ3) is 4.25. The van der Waals surface area contributed by atoms with Gasteiger partial charge in [0.05, 0.1) is 5.56 Å². The lowest BCUT2D eigenvalue weighted by atomic mass is 9.94. The Morgan fingerprint density at radius 1 is 1.12 bits per heavy atom. The minimum Gasteiger partial charge on any atom is -0.355 e. The predicted molar refractivity (Wildman–Crippen MR) is 93.4 cm³/mol. The topological polar surface area (TPSA) is 55.1 Å². The van der Waals surface area contributed by atoms with E-state index < -0.39 is 23.2 Å². The highest BCUT2D eigenvalue weighted by atomic mass is 19.4. The van der Waals surface area contributed by atoms with Crippen molar-refractivity contribution in [3.05, 3.63) is 71.3 Å². The number of benzene rings is 2. The molecule has 3 N–H and O–H groups in total. The first-order valence-electron chi connectivity index (χ1n) is 8.55. The van der Waals surface area contributed by atoms with Crippen molar-refractivity contribution in [1.82, 2.24) is 5.32 Å². The van der Waals surface area contributed by atoms with Crippen LogP contribution in [0.1, 0.15) is 42.0 Å². The number of hydrogen-bond acceptors (Lipinski definition) is 2. The number of rotatable bonds is 6. The highest BCUT2D eigenvalue weighted by Gasteiger charge is 2.45. The fourth-order valence-electron chi connectivity index (χ4n) is 3.10. The summed E-state index contributed by atoms with van der Waals surface area (Å²) in [7, 11) is 0. The van der Waals surface area contributed by atoms with Crippen LogP contribution in [0.4, 0.5) is 13.2 Å². The average Bonchev–Trinajstić information content (AvgIpc) is 3.41. The molecule has 0 aromatic heterocycles. The van der Waals surface area contributed by atoms with Crippen LogP contribution in [0.3, 0.4) is 0 Å². The molecule has 0 spiro atoms. The number of hydrogen-bond donors (Lipinski definition) is 2. The van der Waals surface area contributed by atoms with Gasteiger partial charge in [0.1, 0.15) is 0 Å². The van der Waals surface area contributed by atoms with E-state index >= 15 is 0 Å². The summed E-state index contributed by atoms with van der Waals surface area (Å²) in [5.74, 6) is -0.195. The molecule has 1 fully saturated rings. The van der Waals surface area contributed by atoms with Crippen molar-refractivity contribution in [1.29, 1.82) is 0 Å². The summed E-state index contributed by atoms with van der Waals surface area (Å²) in [4.78, 5) is 12.2. The quantitative estimate of drug-likeness (QED) is 0.818. The van der Waals surface area contributed by atoms with E-state index in [-0.39, 0.29) is 12.3 Å². The molecule has 3 nitrogen and oxygen atoms in total. The second kappa shape index (κ2) is 7.11. The Morgan fingerprint density at radius 3 is 2.42 bits per heavy atom. The van der Waals surface area contributed by atoms with Crippen molar-refractivity contribution in [2.45, 2.75) is 36.9 Å². The number of alkyl halides is 3. The number of carbonyl (C=O) groups excluding carboxylic acids is 1. The normalized spacial score (nSPS) is 16.8. The van der Waals surface area contributed by atoms with Gasteiger partial charge in [0, 0.05) is 24.4 Å². The molecule has 6 heteroatoms. The van der Waals surface area contributed by atoms with Gasteiger partial charge in [-0.05, 0) is 30.0 Å². The Morgan fingerprint density at radius 2 is 1.81 bits per heavy atom. The minimum atomic E-state index is -4.36. The van der Waals surface area contributed by atoms with E-state index in [1.54, 1.807) is 6.07 Å². The Balaban J connectivity index is 1.60. The molecule has 3 rings (SSSR count). The van der Waals surface area contributed by atoms with Crippen LogP contribution in [0.2, 0.25) is 0 Å². The summed E-state index contributed by atoms with van der Waals surface area (Å²) in [6.07, 6.45) is -2.70. The van der Waals surface area contributed by atoms with Gasteiger partial charge in [-0.25, -0.2) is 0 Å². The lowest BCUT2D eigenvalue weighted by Gasteiger charge is -2.19. The molecule has 1 saturated carbocycles. The predicted octanol–water partition coefficient (Wildman–Crippen LogP) is 3.94. The van der Waals surface area contributed by atoms with Crippen molar-refractivity contribution < 1.29 is 18.0 Å². The van der Waals surface area contributed by atoms with E-state index in [2.05, 4.69) is 5.32 Å². The maximum atomic E-state index is 12.9. The van der Waals surface area contributed by atoms with E-state index in [9.17, 15) is 18.0 Å². The Kier molecular flexibility index (Phi) is 5.05. The molecule has 1 unspecified atom stereocenters. The van der Waals surface area contributed by atoms with Gasteiger partial charge in [-0.3, -0.25) is 4.79 Å². The van der Waals surface area contributed by atoms with Gasteiger partial charge in [0.25, 0.3) is 0 Å². The van der Waals surface area contributed by atoms with Crippen LogP contribution in [0, 0.1) is 0 Å². The first kappa shape index (κ1) is 18.5. The highest BCUT2D eigenvalue weighted by Crippen LogP contribution is 2.48. The number of amides is 1. The van der Waals surface area contributed by atoms with E-state index in [1.807, 2.05) is 30.3 Å². The zero-order chi connectivity index (χ0) is 18.8. The maximum Gasteiger partial charge on any atom is 0.416 e. The Labute approximate surface area is 150 Å². The zero-order valence-electron chi connectivity index (χ0n) is 14.2. The lowest BCUT2D eigenvalue weighted by Crippen LogP contribution is -2.34. The number of nitrogens with one attached hydrogen (secondary N) is 1. The SMILES string of the molecule is NC(CC(=O)NCC1(c2cccc(C(F)(F)F)c2)CC1)c1ccccc1. The summed E-state index contributed by atoms with van der Waals surface area (Å²) in [5.41, 5.74) is 6.50. The fourth-order valence-corrected chi connectivity index (χ4v) is 3.10. The van der Waals surface area contributed by atoms with Gasteiger partial charge in [-0.1, -0.05) is 48.5 Å². The highest BCUT2D eigenvalue weighted by molar-refractivity contribution is 5.77. The molecule has 138 valence electrons. The molecule has 0 saturated heterocycles. The average molecular weight is 362 g/mol. The fraction of sp³-hybridized carbons (Fsp3) is 0.350. The summed E-state index contributed by atoms with van der Waals surface area (Å²) in [6, 6.07) is 14.3. The van der Waals surface area contributed by atoms with E-state index in [0.29, 0.717) is 12.1 Å². The Hall–Kier alpha value is -2.34.